The minimum Gasteiger partial charge on any atom is -0.256 e. The highest BCUT2D eigenvalue weighted by molar-refractivity contribution is 5.90. The largest absolute Gasteiger partial charge is 0.256 e. The van der Waals surface area contributed by atoms with E-state index in [0.29, 0.717) is 17.5 Å². The van der Waals surface area contributed by atoms with Gasteiger partial charge in [0.1, 0.15) is 0 Å². The van der Waals surface area contributed by atoms with Crippen molar-refractivity contribution in [2.75, 3.05) is 0 Å². The molecule has 0 saturated heterocycles. The van der Waals surface area contributed by atoms with E-state index in [0.717, 1.165) is 39.1 Å². The predicted molar refractivity (Wildman–Crippen MR) is 234 cm³/mol. The third-order valence-electron chi connectivity index (χ3n) is 12.3. The molecule has 4 heteroatoms. The number of benzene rings is 7. The highest BCUT2D eigenvalue weighted by Crippen LogP contribution is 2.62. The van der Waals surface area contributed by atoms with Gasteiger partial charge in [0.15, 0.2) is 17.5 Å². The minimum absolute atomic E-state index is 0.223. The van der Waals surface area contributed by atoms with E-state index in [-0.39, 0.29) is 5.41 Å². The van der Waals surface area contributed by atoms with Crippen molar-refractivity contribution < 1.29 is 0 Å². The minimum atomic E-state index is -0.487. The van der Waals surface area contributed by atoms with Crippen LogP contribution in [0.25, 0.3) is 67.7 Å². The molecule has 2 heterocycles. The van der Waals surface area contributed by atoms with E-state index >= 15 is 0 Å². The first-order valence-electron chi connectivity index (χ1n) is 19.9. The van der Waals surface area contributed by atoms with E-state index in [1.165, 1.54) is 44.5 Å². The summed E-state index contributed by atoms with van der Waals surface area (Å²) in [6.07, 6.45) is 1.82. The van der Waals surface area contributed by atoms with Gasteiger partial charge in [-0.05, 0) is 79.9 Å². The number of pyridine rings is 1. The average molecular weight is 743 g/mol. The standard InChI is InChI=1S/C54H38N4/c1-53(2)45-27-12-13-28-47(45)54(43-25-10-8-22-40(43)41-23-9-11-26-44(41)54)48-34-36(30-31-46(48)53)39-21-6-7-24-42(39)52-57-50(35-17-4-3-5-18-35)56-51(58-52)38-20-16-19-37(33-38)49-29-14-15-32-55-49/h3-34H,1-2H3. The van der Waals surface area contributed by atoms with Gasteiger partial charge in [0.05, 0.1) is 11.1 Å². The second kappa shape index (κ2) is 13.1. The first-order valence-corrected chi connectivity index (χ1v) is 19.9. The van der Waals surface area contributed by atoms with Crippen molar-refractivity contribution in [3.63, 3.8) is 0 Å². The zero-order chi connectivity index (χ0) is 38.8. The van der Waals surface area contributed by atoms with Gasteiger partial charge < -0.3 is 0 Å². The molecule has 58 heavy (non-hydrogen) atoms. The predicted octanol–water partition coefficient (Wildman–Crippen LogP) is 12.6. The van der Waals surface area contributed by atoms with Crippen LogP contribution in [-0.4, -0.2) is 19.9 Å². The second-order valence-corrected chi connectivity index (χ2v) is 15.8. The molecule has 0 aliphatic heterocycles. The maximum absolute atomic E-state index is 5.25. The van der Waals surface area contributed by atoms with Crippen molar-refractivity contribution in [3.8, 4) is 67.7 Å². The maximum atomic E-state index is 5.25. The van der Waals surface area contributed by atoms with Crippen molar-refractivity contribution in [1.29, 1.82) is 0 Å². The zero-order valence-corrected chi connectivity index (χ0v) is 32.3. The van der Waals surface area contributed by atoms with Gasteiger partial charge in [-0.25, -0.2) is 15.0 Å². The lowest BCUT2D eigenvalue weighted by atomic mass is 9.55. The van der Waals surface area contributed by atoms with E-state index < -0.39 is 5.41 Å². The number of fused-ring (bicyclic) bond motifs is 9. The van der Waals surface area contributed by atoms with Crippen LogP contribution in [0, 0.1) is 0 Å². The molecule has 9 aromatic rings. The normalized spacial score (nSPS) is 14.0. The molecule has 4 nitrogen and oxygen atoms in total. The number of nitrogens with zero attached hydrogens (tertiary/aromatic N) is 4. The molecule has 2 aliphatic carbocycles. The van der Waals surface area contributed by atoms with Crippen LogP contribution in [0.4, 0.5) is 0 Å². The van der Waals surface area contributed by atoms with Gasteiger partial charge in [0, 0.05) is 33.9 Å². The second-order valence-electron chi connectivity index (χ2n) is 15.8. The van der Waals surface area contributed by atoms with Gasteiger partial charge in [0.25, 0.3) is 0 Å². The Morgan fingerprint density at radius 2 is 0.862 bits per heavy atom. The van der Waals surface area contributed by atoms with E-state index in [1.807, 2.05) is 48.7 Å². The average Bonchev–Trinajstić information content (AvgIpc) is 3.59. The van der Waals surface area contributed by atoms with Gasteiger partial charge in [-0.1, -0.05) is 178 Å². The third kappa shape index (κ3) is 5.08. The summed E-state index contributed by atoms with van der Waals surface area (Å²) in [7, 11) is 0. The molecular weight excluding hydrogens is 705 g/mol. The lowest BCUT2D eigenvalue weighted by Crippen LogP contribution is -2.40. The molecule has 0 unspecified atom stereocenters. The Morgan fingerprint density at radius 3 is 1.57 bits per heavy atom. The molecule has 0 amide bonds. The summed E-state index contributed by atoms with van der Waals surface area (Å²) in [6, 6.07) is 67.2. The summed E-state index contributed by atoms with van der Waals surface area (Å²) < 4.78 is 0. The van der Waals surface area contributed by atoms with Crippen LogP contribution in [0.15, 0.2) is 194 Å². The van der Waals surface area contributed by atoms with Crippen LogP contribution in [0.1, 0.15) is 47.2 Å². The zero-order valence-electron chi connectivity index (χ0n) is 32.3. The SMILES string of the molecule is CC1(C)c2ccccc2C2(c3ccccc3-c3ccccc32)c2cc(-c3ccccc3-c3nc(-c4ccccc4)nc(-c4cccc(-c5ccccn5)c4)n3)ccc21. The van der Waals surface area contributed by atoms with Crippen molar-refractivity contribution in [2.45, 2.75) is 24.7 Å². The van der Waals surface area contributed by atoms with Crippen molar-refractivity contribution in [1.82, 2.24) is 19.9 Å². The molecule has 11 rings (SSSR count). The smallest absolute Gasteiger partial charge is 0.164 e. The quantitative estimate of drug-likeness (QED) is 0.176. The summed E-state index contributed by atoms with van der Waals surface area (Å²) in [5.41, 5.74) is 16.7. The van der Waals surface area contributed by atoms with E-state index in [2.05, 4.69) is 164 Å². The van der Waals surface area contributed by atoms with Gasteiger partial charge in [-0.2, -0.15) is 0 Å². The first kappa shape index (κ1) is 34.0. The van der Waals surface area contributed by atoms with Crippen LogP contribution in [0.2, 0.25) is 0 Å². The number of rotatable bonds is 5. The fourth-order valence-electron chi connectivity index (χ4n) is 9.65. The molecule has 0 fully saturated rings. The topological polar surface area (TPSA) is 51.6 Å². The lowest BCUT2D eigenvalue weighted by Gasteiger charge is -2.47. The monoisotopic (exact) mass is 742 g/mol. The Bertz CT molecular complexity index is 2990. The Labute approximate surface area is 338 Å². The van der Waals surface area contributed by atoms with Crippen molar-refractivity contribution >= 4 is 0 Å². The molecule has 0 saturated carbocycles. The lowest BCUT2D eigenvalue weighted by molar-refractivity contribution is 0.563. The molecule has 2 aromatic heterocycles. The first-order chi connectivity index (χ1) is 28.5. The van der Waals surface area contributed by atoms with E-state index in [9.17, 15) is 0 Å². The highest BCUT2D eigenvalue weighted by atomic mass is 15.0. The van der Waals surface area contributed by atoms with Crippen LogP contribution in [0.3, 0.4) is 0 Å². The Kier molecular flexibility index (Phi) is 7.70. The van der Waals surface area contributed by atoms with Gasteiger partial charge in [-0.3, -0.25) is 4.98 Å². The van der Waals surface area contributed by atoms with E-state index in [1.54, 1.807) is 0 Å². The fourth-order valence-corrected chi connectivity index (χ4v) is 9.65. The molecule has 1 spiro atoms. The third-order valence-corrected chi connectivity index (χ3v) is 12.3. The molecule has 0 atom stereocenters. The maximum Gasteiger partial charge on any atom is 0.164 e. The molecule has 0 radical (unpaired) electrons. The molecule has 274 valence electrons. The number of aromatic nitrogens is 4. The fraction of sp³-hybridized carbons (Fsp3) is 0.0741. The Balaban J connectivity index is 1.14. The summed E-state index contributed by atoms with van der Waals surface area (Å²) in [5, 5.41) is 0. The Morgan fingerprint density at radius 1 is 0.328 bits per heavy atom. The molecule has 2 aliphatic rings. The summed E-state index contributed by atoms with van der Waals surface area (Å²) >= 11 is 0. The molecule has 7 aromatic carbocycles. The van der Waals surface area contributed by atoms with Crippen LogP contribution in [-0.2, 0) is 10.8 Å². The van der Waals surface area contributed by atoms with Gasteiger partial charge in [0.2, 0.25) is 0 Å². The highest BCUT2D eigenvalue weighted by Gasteiger charge is 2.53. The molecular formula is C54H38N4. The van der Waals surface area contributed by atoms with Crippen LogP contribution < -0.4 is 0 Å². The molecule has 0 bridgehead atoms. The summed E-state index contributed by atoms with van der Waals surface area (Å²) in [5.74, 6) is 1.86. The number of hydrogen-bond donors (Lipinski definition) is 0. The van der Waals surface area contributed by atoms with E-state index in [4.69, 9.17) is 15.0 Å². The van der Waals surface area contributed by atoms with Gasteiger partial charge >= 0.3 is 0 Å². The van der Waals surface area contributed by atoms with Crippen LogP contribution >= 0.6 is 0 Å². The summed E-state index contributed by atoms with van der Waals surface area (Å²) in [4.78, 5) is 20.1. The van der Waals surface area contributed by atoms with Crippen molar-refractivity contribution in [3.05, 3.63) is 228 Å². The van der Waals surface area contributed by atoms with Gasteiger partial charge in [-0.15, -0.1) is 0 Å². The summed E-state index contributed by atoms with van der Waals surface area (Å²) in [6.45, 7) is 4.75. The van der Waals surface area contributed by atoms with Crippen molar-refractivity contribution in [2.24, 2.45) is 0 Å². The Hall–Kier alpha value is -7.30. The number of hydrogen-bond acceptors (Lipinski definition) is 4. The molecule has 0 N–H and O–H groups in total. The van der Waals surface area contributed by atoms with Crippen LogP contribution in [0.5, 0.6) is 0 Å².